The second-order valence-electron chi connectivity index (χ2n) is 4.83. The van der Waals surface area contributed by atoms with Crippen molar-refractivity contribution in [1.82, 2.24) is 0 Å². The van der Waals surface area contributed by atoms with Crippen molar-refractivity contribution in [1.29, 1.82) is 0 Å². The van der Waals surface area contributed by atoms with Gasteiger partial charge in [-0.15, -0.1) is 0 Å². The molecule has 0 spiro atoms. The molecule has 1 heterocycles. The number of carbonyl (C=O) groups is 1. The Hall–Kier alpha value is -0.960. The highest BCUT2D eigenvalue weighted by Gasteiger charge is 2.25. The average Bonchev–Trinajstić information content (AvgIpc) is 2.41. The summed E-state index contributed by atoms with van der Waals surface area (Å²) in [5.74, 6) is 1.40. The zero-order valence-corrected chi connectivity index (χ0v) is 12.2. The van der Waals surface area contributed by atoms with Crippen LogP contribution in [0, 0.1) is 0 Å². The van der Waals surface area contributed by atoms with E-state index in [9.17, 15) is 4.79 Å². The second kappa shape index (κ2) is 5.79. The van der Waals surface area contributed by atoms with E-state index in [1.165, 1.54) is 11.4 Å². The molecular formula is C15H21NOS. The third-order valence-electron chi connectivity index (χ3n) is 3.73. The average molecular weight is 263 g/mol. The third-order valence-corrected chi connectivity index (χ3v) is 5.06. The summed E-state index contributed by atoms with van der Waals surface area (Å²) in [7, 11) is 0. The zero-order chi connectivity index (χ0) is 13.1. The third kappa shape index (κ3) is 2.72. The molecule has 1 aliphatic rings. The molecule has 1 aromatic carbocycles. The Morgan fingerprint density at radius 3 is 2.61 bits per heavy atom. The first kappa shape index (κ1) is 13.5. The SMILES string of the molecule is CCC(=O)c1ccc(N2CCSC(C)C2C)cc1. The normalized spacial score (nSPS) is 24.1. The summed E-state index contributed by atoms with van der Waals surface area (Å²) in [6.45, 7) is 7.57. The largest absolute Gasteiger partial charge is 0.367 e. The lowest BCUT2D eigenvalue weighted by Crippen LogP contribution is -2.44. The number of rotatable bonds is 3. The lowest BCUT2D eigenvalue weighted by molar-refractivity contribution is 0.0988. The van der Waals surface area contributed by atoms with E-state index in [4.69, 9.17) is 0 Å². The molecular weight excluding hydrogens is 242 g/mol. The number of nitrogens with zero attached hydrogens (tertiary/aromatic N) is 1. The lowest BCUT2D eigenvalue weighted by atomic mass is 10.1. The van der Waals surface area contributed by atoms with E-state index in [1.807, 2.05) is 30.8 Å². The first-order valence-electron chi connectivity index (χ1n) is 6.65. The molecule has 18 heavy (non-hydrogen) atoms. The molecule has 2 rings (SSSR count). The van der Waals surface area contributed by atoms with Crippen LogP contribution in [-0.2, 0) is 0 Å². The standard InChI is InChI=1S/C15H21NOS/c1-4-15(17)13-5-7-14(8-6-13)16-9-10-18-12(3)11(16)2/h5-8,11-12H,4,9-10H2,1-3H3. The number of ketones is 1. The van der Waals surface area contributed by atoms with Gasteiger partial charge in [0.05, 0.1) is 0 Å². The molecule has 0 aromatic heterocycles. The molecule has 2 unspecified atom stereocenters. The minimum atomic E-state index is 0.220. The number of benzene rings is 1. The van der Waals surface area contributed by atoms with E-state index in [0.29, 0.717) is 17.7 Å². The summed E-state index contributed by atoms with van der Waals surface area (Å²) in [6.07, 6.45) is 0.577. The summed E-state index contributed by atoms with van der Waals surface area (Å²) in [4.78, 5) is 14.0. The van der Waals surface area contributed by atoms with Gasteiger partial charge in [-0.1, -0.05) is 13.8 Å². The van der Waals surface area contributed by atoms with Crippen LogP contribution in [0.5, 0.6) is 0 Å². The van der Waals surface area contributed by atoms with Crippen molar-refractivity contribution in [3.05, 3.63) is 29.8 Å². The molecule has 0 saturated carbocycles. The maximum absolute atomic E-state index is 11.6. The van der Waals surface area contributed by atoms with Gasteiger partial charge in [0.25, 0.3) is 0 Å². The van der Waals surface area contributed by atoms with E-state index in [1.54, 1.807) is 0 Å². The van der Waals surface area contributed by atoms with Crippen LogP contribution in [0.25, 0.3) is 0 Å². The molecule has 0 radical (unpaired) electrons. The molecule has 2 nitrogen and oxygen atoms in total. The Morgan fingerprint density at radius 2 is 2.00 bits per heavy atom. The van der Waals surface area contributed by atoms with E-state index in [2.05, 4.69) is 30.9 Å². The molecule has 2 atom stereocenters. The molecule has 0 amide bonds. The van der Waals surface area contributed by atoms with E-state index < -0.39 is 0 Å². The van der Waals surface area contributed by atoms with Crippen molar-refractivity contribution in [3.8, 4) is 0 Å². The Labute approximate surface area is 114 Å². The number of hydrogen-bond donors (Lipinski definition) is 0. The van der Waals surface area contributed by atoms with Crippen LogP contribution in [0.3, 0.4) is 0 Å². The topological polar surface area (TPSA) is 20.3 Å². The fourth-order valence-electron chi connectivity index (χ4n) is 2.34. The summed E-state index contributed by atoms with van der Waals surface area (Å²) in [5.41, 5.74) is 2.07. The number of hydrogen-bond acceptors (Lipinski definition) is 3. The van der Waals surface area contributed by atoms with Gasteiger partial charge >= 0.3 is 0 Å². The van der Waals surface area contributed by atoms with Gasteiger partial charge in [-0.05, 0) is 31.2 Å². The van der Waals surface area contributed by atoms with Crippen molar-refractivity contribution < 1.29 is 4.79 Å². The van der Waals surface area contributed by atoms with Gasteiger partial charge in [-0.25, -0.2) is 0 Å². The predicted octanol–water partition coefficient (Wildman–Crippen LogP) is 3.61. The van der Waals surface area contributed by atoms with Crippen molar-refractivity contribution in [2.75, 3.05) is 17.2 Å². The summed E-state index contributed by atoms with van der Waals surface area (Å²) < 4.78 is 0. The Morgan fingerprint density at radius 1 is 1.33 bits per heavy atom. The van der Waals surface area contributed by atoms with Crippen LogP contribution in [0.4, 0.5) is 5.69 Å². The smallest absolute Gasteiger partial charge is 0.162 e. The number of thioether (sulfide) groups is 1. The van der Waals surface area contributed by atoms with Crippen molar-refractivity contribution >= 4 is 23.2 Å². The molecule has 0 bridgehead atoms. The van der Waals surface area contributed by atoms with Crippen LogP contribution in [0.1, 0.15) is 37.6 Å². The van der Waals surface area contributed by atoms with Crippen LogP contribution in [-0.4, -0.2) is 29.4 Å². The Kier molecular flexibility index (Phi) is 4.33. The maximum Gasteiger partial charge on any atom is 0.162 e. The van der Waals surface area contributed by atoms with Crippen molar-refractivity contribution in [2.45, 2.75) is 38.5 Å². The summed E-state index contributed by atoms with van der Waals surface area (Å²) >= 11 is 2.04. The highest BCUT2D eigenvalue weighted by Crippen LogP contribution is 2.29. The van der Waals surface area contributed by atoms with Gasteiger partial charge in [0, 0.05) is 41.3 Å². The maximum atomic E-state index is 11.6. The van der Waals surface area contributed by atoms with Gasteiger partial charge in [0.15, 0.2) is 5.78 Å². The molecule has 1 aromatic rings. The highest BCUT2D eigenvalue weighted by molar-refractivity contribution is 8.00. The van der Waals surface area contributed by atoms with Crippen LogP contribution >= 0.6 is 11.8 Å². The first-order chi connectivity index (χ1) is 8.63. The zero-order valence-electron chi connectivity index (χ0n) is 11.3. The molecule has 0 N–H and O–H groups in total. The number of anilines is 1. The van der Waals surface area contributed by atoms with Gasteiger partial charge in [-0.2, -0.15) is 11.8 Å². The number of Topliss-reactive ketones (excluding diaryl/α,β-unsaturated/α-hetero) is 1. The monoisotopic (exact) mass is 263 g/mol. The van der Waals surface area contributed by atoms with E-state index in [0.717, 1.165) is 12.1 Å². The molecule has 1 saturated heterocycles. The highest BCUT2D eigenvalue weighted by atomic mass is 32.2. The van der Waals surface area contributed by atoms with Gasteiger partial charge in [-0.3, -0.25) is 4.79 Å². The van der Waals surface area contributed by atoms with Crippen molar-refractivity contribution in [3.63, 3.8) is 0 Å². The predicted molar refractivity (Wildman–Crippen MR) is 79.8 cm³/mol. The molecule has 0 aliphatic carbocycles. The fraction of sp³-hybridized carbons (Fsp3) is 0.533. The number of carbonyl (C=O) groups excluding carboxylic acids is 1. The van der Waals surface area contributed by atoms with Crippen LogP contribution < -0.4 is 4.90 Å². The van der Waals surface area contributed by atoms with Crippen molar-refractivity contribution in [2.24, 2.45) is 0 Å². The van der Waals surface area contributed by atoms with Crippen LogP contribution in [0.15, 0.2) is 24.3 Å². The Balaban J connectivity index is 2.16. The van der Waals surface area contributed by atoms with Gasteiger partial charge in [0.2, 0.25) is 0 Å². The van der Waals surface area contributed by atoms with Gasteiger partial charge in [0.1, 0.15) is 0 Å². The first-order valence-corrected chi connectivity index (χ1v) is 7.70. The van der Waals surface area contributed by atoms with Crippen LogP contribution in [0.2, 0.25) is 0 Å². The lowest BCUT2D eigenvalue weighted by Gasteiger charge is -2.39. The van der Waals surface area contributed by atoms with Gasteiger partial charge < -0.3 is 4.90 Å². The minimum Gasteiger partial charge on any atom is -0.367 e. The Bertz CT molecular complexity index is 415. The molecule has 1 fully saturated rings. The minimum absolute atomic E-state index is 0.220. The summed E-state index contributed by atoms with van der Waals surface area (Å²) in [6, 6.07) is 8.64. The summed E-state index contributed by atoms with van der Waals surface area (Å²) in [5, 5.41) is 0.663. The molecule has 3 heteroatoms. The fourth-order valence-corrected chi connectivity index (χ4v) is 3.44. The second-order valence-corrected chi connectivity index (χ2v) is 6.32. The quantitative estimate of drug-likeness (QED) is 0.777. The molecule has 98 valence electrons. The van der Waals surface area contributed by atoms with E-state index in [-0.39, 0.29) is 5.78 Å². The molecule has 1 aliphatic heterocycles. The van der Waals surface area contributed by atoms with E-state index >= 15 is 0 Å².